The molecule has 3 nitrogen and oxygen atoms in total. The van der Waals surface area contributed by atoms with E-state index >= 15 is 0 Å². The lowest BCUT2D eigenvalue weighted by Gasteiger charge is -2.37. The van der Waals surface area contributed by atoms with Gasteiger partial charge in [0.05, 0.1) is 5.92 Å². The molecule has 0 bridgehead atoms. The molecular formula is C23H42O3. The minimum Gasteiger partial charge on any atom is -0.462 e. The fourth-order valence-corrected chi connectivity index (χ4v) is 5.02. The van der Waals surface area contributed by atoms with Crippen LogP contribution < -0.4 is 0 Å². The van der Waals surface area contributed by atoms with Crippen molar-refractivity contribution in [2.45, 2.75) is 116 Å². The van der Waals surface area contributed by atoms with Crippen LogP contribution in [0, 0.1) is 17.3 Å². The molecule has 2 rings (SSSR count). The Kier molecular flexibility index (Phi) is 9.45. The molecule has 0 heterocycles. The number of hydrogen-bond donors (Lipinski definition) is 1. The van der Waals surface area contributed by atoms with E-state index in [9.17, 15) is 4.79 Å². The van der Waals surface area contributed by atoms with Gasteiger partial charge in [-0.2, -0.15) is 0 Å². The van der Waals surface area contributed by atoms with Gasteiger partial charge >= 0.3 is 5.97 Å². The van der Waals surface area contributed by atoms with Crippen molar-refractivity contribution in [1.82, 2.24) is 0 Å². The van der Waals surface area contributed by atoms with Crippen LogP contribution in [0.1, 0.15) is 110 Å². The third kappa shape index (κ3) is 7.21. The van der Waals surface area contributed by atoms with E-state index in [0.29, 0.717) is 12.0 Å². The van der Waals surface area contributed by atoms with Gasteiger partial charge in [-0.15, -0.1) is 0 Å². The van der Waals surface area contributed by atoms with Crippen molar-refractivity contribution in [1.29, 1.82) is 0 Å². The summed E-state index contributed by atoms with van der Waals surface area (Å²) >= 11 is 0. The molecule has 26 heavy (non-hydrogen) atoms. The second-order valence-corrected chi connectivity index (χ2v) is 9.34. The Hall–Kier alpha value is -0.570. The maximum atomic E-state index is 12.6. The first-order valence-corrected chi connectivity index (χ1v) is 11.4. The average Bonchev–Trinajstić information content (AvgIpc) is 2.64. The summed E-state index contributed by atoms with van der Waals surface area (Å²) in [7, 11) is 0. The lowest BCUT2D eigenvalue weighted by atomic mass is 9.69. The first-order chi connectivity index (χ1) is 12.6. The van der Waals surface area contributed by atoms with Gasteiger partial charge in [0.25, 0.3) is 0 Å². The molecule has 0 aromatic carbocycles. The second kappa shape index (κ2) is 11.3. The summed E-state index contributed by atoms with van der Waals surface area (Å²) in [4.78, 5) is 12.6. The molecule has 0 radical (unpaired) electrons. The van der Waals surface area contributed by atoms with Gasteiger partial charge in [0.15, 0.2) is 0 Å². The van der Waals surface area contributed by atoms with Gasteiger partial charge in [-0.3, -0.25) is 4.79 Å². The van der Waals surface area contributed by atoms with Crippen molar-refractivity contribution in [2.75, 3.05) is 6.61 Å². The number of carbonyl (C=O) groups is 1. The van der Waals surface area contributed by atoms with Crippen LogP contribution in [0.15, 0.2) is 0 Å². The number of rotatable bonds is 10. The summed E-state index contributed by atoms with van der Waals surface area (Å²) < 4.78 is 5.89. The smallest absolute Gasteiger partial charge is 0.309 e. The van der Waals surface area contributed by atoms with Crippen LogP contribution in [0.2, 0.25) is 0 Å². The predicted molar refractivity (Wildman–Crippen MR) is 107 cm³/mol. The molecule has 2 aliphatic rings. The zero-order valence-electron chi connectivity index (χ0n) is 17.3. The number of ether oxygens (including phenoxy) is 1. The Balaban J connectivity index is 1.63. The van der Waals surface area contributed by atoms with Crippen LogP contribution in [0.4, 0.5) is 0 Å². The zero-order chi connectivity index (χ0) is 18.8. The summed E-state index contributed by atoms with van der Waals surface area (Å²) in [6.07, 6.45) is 17.6. The van der Waals surface area contributed by atoms with Gasteiger partial charge in [0.2, 0.25) is 0 Å². The molecule has 152 valence electrons. The van der Waals surface area contributed by atoms with Crippen LogP contribution in [0.5, 0.6) is 0 Å². The maximum Gasteiger partial charge on any atom is 0.309 e. The van der Waals surface area contributed by atoms with E-state index in [0.717, 1.165) is 57.3 Å². The lowest BCUT2D eigenvalue weighted by molar-refractivity contribution is -0.158. The van der Waals surface area contributed by atoms with Crippen molar-refractivity contribution in [3.63, 3.8) is 0 Å². The maximum absolute atomic E-state index is 12.6. The predicted octanol–water partition coefficient (Wildman–Crippen LogP) is 6.03. The Labute approximate surface area is 161 Å². The Morgan fingerprint density at radius 1 is 1.00 bits per heavy atom. The molecule has 0 spiro atoms. The highest BCUT2D eigenvalue weighted by atomic mass is 16.5. The van der Waals surface area contributed by atoms with Crippen molar-refractivity contribution in [3.8, 4) is 0 Å². The highest BCUT2D eigenvalue weighted by Gasteiger charge is 2.35. The SMILES string of the molecule is CCCC1CCC(OC(=O)C2CCC(C)(CCCCCCO)CC2)CC1. The number of hydrogen-bond acceptors (Lipinski definition) is 3. The normalized spacial score (nSPS) is 32.3. The summed E-state index contributed by atoms with van der Waals surface area (Å²) in [5.74, 6) is 1.10. The van der Waals surface area contributed by atoms with Gasteiger partial charge in [-0.1, -0.05) is 46.0 Å². The van der Waals surface area contributed by atoms with E-state index in [1.807, 2.05) is 0 Å². The molecule has 3 heteroatoms. The van der Waals surface area contributed by atoms with Crippen LogP contribution >= 0.6 is 0 Å². The number of carbonyl (C=O) groups excluding carboxylic acids is 1. The fourth-order valence-electron chi connectivity index (χ4n) is 5.02. The Morgan fingerprint density at radius 3 is 2.27 bits per heavy atom. The van der Waals surface area contributed by atoms with E-state index in [1.165, 1.54) is 44.9 Å². The number of unbranched alkanes of at least 4 members (excludes halogenated alkanes) is 3. The summed E-state index contributed by atoms with van der Waals surface area (Å²) in [5, 5.41) is 8.86. The molecule has 0 unspecified atom stereocenters. The zero-order valence-corrected chi connectivity index (χ0v) is 17.3. The van der Waals surface area contributed by atoms with E-state index < -0.39 is 0 Å². The molecule has 0 atom stereocenters. The number of aliphatic hydroxyl groups is 1. The quantitative estimate of drug-likeness (QED) is 0.379. The van der Waals surface area contributed by atoms with Crippen LogP contribution in [-0.4, -0.2) is 23.8 Å². The summed E-state index contributed by atoms with van der Waals surface area (Å²) in [6, 6.07) is 0. The van der Waals surface area contributed by atoms with E-state index in [2.05, 4.69) is 13.8 Å². The van der Waals surface area contributed by atoms with Gasteiger partial charge in [-0.05, 0) is 75.5 Å². The van der Waals surface area contributed by atoms with Gasteiger partial charge < -0.3 is 9.84 Å². The fraction of sp³-hybridized carbons (Fsp3) is 0.957. The monoisotopic (exact) mass is 366 g/mol. The van der Waals surface area contributed by atoms with Crippen LogP contribution in [0.3, 0.4) is 0 Å². The van der Waals surface area contributed by atoms with Gasteiger partial charge in [-0.25, -0.2) is 0 Å². The lowest BCUT2D eigenvalue weighted by Crippen LogP contribution is -2.32. The van der Waals surface area contributed by atoms with Gasteiger partial charge in [0, 0.05) is 6.61 Å². The minimum atomic E-state index is 0.0916. The minimum absolute atomic E-state index is 0.0916. The van der Waals surface area contributed by atoms with Crippen molar-refractivity contribution in [3.05, 3.63) is 0 Å². The summed E-state index contributed by atoms with van der Waals surface area (Å²) in [5.41, 5.74) is 0.411. The first-order valence-electron chi connectivity index (χ1n) is 11.4. The third-order valence-electron chi connectivity index (χ3n) is 6.99. The average molecular weight is 367 g/mol. The third-order valence-corrected chi connectivity index (χ3v) is 6.99. The van der Waals surface area contributed by atoms with E-state index in [1.54, 1.807) is 0 Å². The summed E-state index contributed by atoms with van der Waals surface area (Å²) in [6.45, 7) is 4.98. The molecule has 2 aliphatic carbocycles. The molecule has 2 fully saturated rings. The molecule has 0 saturated heterocycles. The van der Waals surface area contributed by atoms with Crippen LogP contribution in [0.25, 0.3) is 0 Å². The topological polar surface area (TPSA) is 46.5 Å². The van der Waals surface area contributed by atoms with Crippen LogP contribution in [-0.2, 0) is 9.53 Å². The van der Waals surface area contributed by atoms with Crippen molar-refractivity contribution >= 4 is 5.97 Å². The Bertz CT molecular complexity index is 390. The van der Waals surface area contributed by atoms with Crippen molar-refractivity contribution < 1.29 is 14.6 Å². The van der Waals surface area contributed by atoms with E-state index in [-0.39, 0.29) is 18.0 Å². The molecule has 0 aliphatic heterocycles. The molecule has 2 saturated carbocycles. The standard InChI is InChI=1S/C23H42O3/c1-3-8-19-9-11-21(12-10-19)26-22(25)20-13-16-23(2,17-14-20)15-6-4-5-7-18-24/h19-21,24H,3-18H2,1-2H3. The first kappa shape index (κ1) is 21.7. The highest BCUT2D eigenvalue weighted by molar-refractivity contribution is 5.72. The van der Waals surface area contributed by atoms with Gasteiger partial charge in [0.1, 0.15) is 6.10 Å². The number of esters is 1. The largest absolute Gasteiger partial charge is 0.462 e. The molecule has 0 aromatic heterocycles. The second-order valence-electron chi connectivity index (χ2n) is 9.34. The molecular weight excluding hydrogens is 324 g/mol. The molecule has 0 aromatic rings. The number of aliphatic hydroxyl groups excluding tert-OH is 1. The molecule has 0 amide bonds. The Morgan fingerprint density at radius 2 is 1.65 bits per heavy atom. The molecule has 1 N–H and O–H groups in total. The van der Waals surface area contributed by atoms with Crippen molar-refractivity contribution in [2.24, 2.45) is 17.3 Å². The highest BCUT2D eigenvalue weighted by Crippen LogP contribution is 2.43. The van der Waals surface area contributed by atoms with E-state index in [4.69, 9.17) is 9.84 Å².